The molecule has 0 amide bonds. The Morgan fingerprint density at radius 2 is 2.00 bits per heavy atom. The fourth-order valence-corrected chi connectivity index (χ4v) is 2.84. The molecule has 2 N–H and O–H groups in total. The minimum Gasteiger partial charge on any atom is -0.319 e. The molecule has 0 aliphatic heterocycles. The van der Waals surface area contributed by atoms with E-state index in [4.69, 9.17) is 22.3 Å². The van der Waals surface area contributed by atoms with Crippen molar-refractivity contribution >= 4 is 17.2 Å². The summed E-state index contributed by atoms with van der Waals surface area (Å²) in [5.74, 6) is 0. The number of pyridine rings is 1. The van der Waals surface area contributed by atoms with Crippen LogP contribution < -0.4 is 5.73 Å². The van der Waals surface area contributed by atoms with E-state index < -0.39 is 0 Å². The molecule has 3 aromatic heterocycles. The Balaban J connectivity index is 1.82. The van der Waals surface area contributed by atoms with Crippen molar-refractivity contribution in [3.8, 4) is 11.1 Å². The van der Waals surface area contributed by atoms with Crippen LogP contribution in [-0.2, 0) is 0 Å². The van der Waals surface area contributed by atoms with Gasteiger partial charge in [0.05, 0.1) is 17.9 Å². The number of benzene rings is 1. The second-order valence-corrected chi connectivity index (χ2v) is 5.89. The summed E-state index contributed by atoms with van der Waals surface area (Å²) >= 11 is 6.10. The van der Waals surface area contributed by atoms with Crippen LogP contribution in [-0.4, -0.2) is 19.6 Å². The molecule has 3 heterocycles. The lowest BCUT2D eigenvalue weighted by Gasteiger charge is -2.11. The molecule has 118 valence electrons. The van der Waals surface area contributed by atoms with Gasteiger partial charge in [-0.05, 0) is 35.4 Å². The highest BCUT2D eigenvalue weighted by Gasteiger charge is 2.14. The normalized spacial score (nSPS) is 12.4. The maximum absolute atomic E-state index is 6.34. The number of hydrogen-bond acceptors (Lipinski definition) is 4. The number of nitrogens with zero attached hydrogens (tertiary/aromatic N) is 4. The minimum atomic E-state index is -0.342. The van der Waals surface area contributed by atoms with E-state index in [1.807, 2.05) is 48.7 Å². The molecule has 0 aliphatic rings. The third kappa shape index (κ3) is 2.64. The van der Waals surface area contributed by atoms with Gasteiger partial charge in [0, 0.05) is 29.2 Å². The first kappa shape index (κ1) is 14.8. The van der Waals surface area contributed by atoms with Crippen LogP contribution in [0.25, 0.3) is 16.8 Å². The predicted molar refractivity (Wildman–Crippen MR) is 93.7 cm³/mol. The highest BCUT2D eigenvalue weighted by molar-refractivity contribution is 6.30. The van der Waals surface area contributed by atoms with Crippen molar-refractivity contribution in [3.63, 3.8) is 0 Å². The summed E-state index contributed by atoms with van der Waals surface area (Å²) in [5.41, 5.74) is 10.6. The molecule has 0 bridgehead atoms. The van der Waals surface area contributed by atoms with Crippen molar-refractivity contribution in [2.45, 2.75) is 6.04 Å². The first-order valence-corrected chi connectivity index (χ1v) is 7.86. The van der Waals surface area contributed by atoms with Crippen LogP contribution in [0, 0.1) is 0 Å². The smallest absolute Gasteiger partial charge is 0.163 e. The van der Waals surface area contributed by atoms with Crippen LogP contribution in [0.2, 0.25) is 5.02 Å². The van der Waals surface area contributed by atoms with Crippen LogP contribution in [0.4, 0.5) is 0 Å². The molecular weight excluding hydrogens is 322 g/mol. The Kier molecular flexibility index (Phi) is 3.72. The van der Waals surface area contributed by atoms with Gasteiger partial charge in [-0.3, -0.25) is 4.98 Å². The molecule has 5 nitrogen and oxygen atoms in total. The standard InChI is InChI=1S/C18H14ClN5/c19-14-5-1-3-12(9-14)15-11-22-24-8-6-16(23-18(15)24)17(20)13-4-2-7-21-10-13/h1-11,17H,20H2. The van der Waals surface area contributed by atoms with Gasteiger partial charge >= 0.3 is 0 Å². The number of nitrogens with two attached hydrogens (primary N) is 1. The van der Waals surface area contributed by atoms with Crippen molar-refractivity contribution in [2.75, 3.05) is 0 Å². The van der Waals surface area contributed by atoms with Crippen LogP contribution in [0.1, 0.15) is 17.3 Å². The zero-order valence-electron chi connectivity index (χ0n) is 12.7. The van der Waals surface area contributed by atoms with Crippen molar-refractivity contribution in [1.82, 2.24) is 19.6 Å². The van der Waals surface area contributed by atoms with E-state index in [-0.39, 0.29) is 6.04 Å². The highest BCUT2D eigenvalue weighted by Crippen LogP contribution is 2.27. The summed E-state index contributed by atoms with van der Waals surface area (Å²) in [6, 6.07) is 13.0. The molecule has 1 atom stereocenters. The monoisotopic (exact) mass is 335 g/mol. The number of aromatic nitrogens is 4. The third-order valence-corrected chi connectivity index (χ3v) is 4.12. The Labute approximate surface area is 143 Å². The zero-order valence-corrected chi connectivity index (χ0v) is 13.4. The summed E-state index contributed by atoms with van der Waals surface area (Å²) in [7, 11) is 0. The fraction of sp³-hybridized carbons (Fsp3) is 0.0556. The van der Waals surface area contributed by atoms with Crippen molar-refractivity contribution < 1.29 is 0 Å². The molecule has 4 rings (SSSR count). The van der Waals surface area contributed by atoms with Crippen molar-refractivity contribution in [1.29, 1.82) is 0 Å². The maximum atomic E-state index is 6.34. The molecule has 4 aromatic rings. The number of halogens is 1. The van der Waals surface area contributed by atoms with Gasteiger partial charge in [-0.1, -0.05) is 29.8 Å². The molecule has 0 fully saturated rings. The fourth-order valence-electron chi connectivity index (χ4n) is 2.65. The third-order valence-electron chi connectivity index (χ3n) is 3.89. The average molecular weight is 336 g/mol. The largest absolute Gasteiger partial charge is 0.319 e. The van der Waals surface area contributed by atoms with Gasteiger partial charge in [0.1, 0.15) is 0 Å². The first-order chi connectivity index (χ1) is 11.7. The number of hydrogen-bond donors (Lipinski definition) is 1. The summed E-state index contributed by atoms with van der Waals surface area (Å²) in [6.07, 6.45) is 7.13. The molecule has 0 radical (unpaired) electrons. The zero-order chi connectivity index (χ0) is 16.5. The Hall–Kier alpha value is -2.76. The van der Waals surface area contributed by atoms with Crippen LogP contribution in [0.15, 0.2) is 67.3 Å². The molecule has 1 unspecified atom stereocenters. The predicted octanol–water partition coefficient (Wildman–Crippen LogP) is 3.49. The van der Waals surface area contributed by atoms with Gasteiger partial charge in [-0.15, -0.1) is 0 Å². The lowest BCUT2D eigenvalue weighted by atomic mass is 10.1. The molecular formula is C18H14ClN5. The summed E-state index contributed by atoms with van der Waals surface area (Å²) in [5, 5.41) is 5.03. The first-order valence-electron chi connectivity index (χ1n) is 7.48. The topological polar surface area (TPSA) is 69.1 Å². The van der Waals surface area contributed by atoms with Crippen LogP contribution in [0.3, 0.4) is 0 Å². The Morgan fingerprint density at radius 3 is 2.79 bits per heavy atom. The minimum absolute atomic E-state index is 0.342. The SMILES string of the molecule is NC(c1cccnc1)c1ccn2ncc(-c3cccc(Cl)c3)c2n1. The van der Waals surface area contributed by atoms with Crippen molar-refractivity contribution in [2.24, 2.45) is 5.73 Å². The van der Waals surface area contributed by atoms with Gasteiger partial charge in [0.2, 0.25) is 0 Å². The van der Waals surface area contributed by atoms with Gasteiger partial charge in [-0.2, -0.15) is 5.10 Å². The molecule has 6 heteroatoms. The average Bonchev–Trinajstić information content (AvgIpc) is 3.05. The molecule has 1 aromatic carbocycles. The summed E-state index contributed by atoms with van der Waals surface area (Å²) in [6.45, 7) is 0. The van der Waals surface area contributed by atoms with E-state index >= 15 is 0 Å². The van der Waals surface area contributed by atoms with Crippen molar-refractivity contribution in [3.05, 3.63) is 83.5 Å². The van der Waals surface area contributed by atoms with Gasteiger partial charge in [-0.25, -0.2) is 9.50 Å². The molecule has 24 heavy (non-hydrogen) atoms. The molecule has 0 spiro atoms. The Bertz CT molecular complexity index is 997. The quantitative estimate of drug-likeness (QED) is 0.622. The summed E-state index contributed by atoms with van der Waals surface area (Å²) in [4.78, 5) is 8.84. The molecule has 0 saturated heterocycles. The van der Waals surface area contributed by atoms with E-state index in [0.29, 0.717) is 5.02 Å². The highest BCUT2D eigenvalue weighted by atomic mass is 35.5. The number of fused-ring (bicyclic) bond motifs is 1. The maximum Gasteiger partial charge on any atom is 0.163 e. The van der Waals surface area contributed by atoms with E-state index in [1.54, 1.807) is 23.1 Å². The van der Waals surface area contributed by atoms with Gasteiger partial charge < -0.3 is 5.73 Å². The second-order valence-electron chi connectivity index (χ2n) is 5.45. The summed E-state index contributed by atoms with van der Waals surface area (Å²) < 4.78 is 1.73. The lowest BCUT2D eigenvalue weighted by Crippen LogP contribution is -2.14. The Morgan fingerprint density at radius 1 is 1.08 bits per heavy atom. The van der Waals surface area contributed by atoms with E-state index in [1.165, 1.54) is 0 Å². The molecule has 0 saturated carbocycles. The van der Waals surface area contributed by atoms with E-state index in [2.05, 4.69) is 10.1 Å². The van der Waals surface area contributed by atoms with E-state index in [0.717, 1.165) is 28.0 Å². The van der Waals surface area contributed by atoms with Crippen LogP contribution in [0.5, 0.6) is 0 Å². The second kappa shape index (κ2) is 6.03. The van der Waals surface area contributed by atoms with Gasteiger partial charge in [0.15, 0.2) is 5.65 Å². The van der Waals surface area contributed by atoms with Crippen LogP contribution >= 0.6 is 11.6 Å². The van der Waals surface area contributed by atoms with Gasteiger partial charge in [0.25, 0.3) is 0 Å². The number of rotatable bonds is 3. The molecule has 0 aliphatic carbocycles. The van der Waals surface area contributed by atoms with E-state index in [9.17, 15) is 0 Å². The lowest BCUT2D eigenvalue weighted by molar-refractivity contribution is 0.809.